The zero-order valence-electron chi connectivity index (χ0n) is 9.40. The molecule has 0 aliphatic carbocycles. The molecule has 0 radical (unpaired) electrons. The van der Waals surface area contributed by atoms with Crippen molar-refractivity contribution in [2.24, 2.45) is 4.99 Å². The van der Waals surface area contributed by atoms with Crippen molar-refractivity contribution < 1.29 is 4.74 Å². The first kappa shape index (κ1) is 11.3. The minimum atomic E-state index is 0.774. The number of hydrogen-bond acceptors (Lipinski definition) is 4. The van der Waals surface area contributed by atoms with E-state index >= 15 is 0 Å². The molecule has 0 atom stereocenters. The van der Waals surface area contributed by atoms with Gasteiger partial charge in [-0.25, -0.2) is 0 Å². The quantitative estimate of drug-likeness (QED) is 0.874. The van der Waals surface area contributed by atoms with Gasteiger partial charge in [0.05, 0.1) is 7.11 Å². The second kappa shape index (κ2) is 5.80. The van der Waals surface area contributed by atoms with E-state index in [1.165, 1.54) is 12.0 Å². The van der Waals surface area contributed by atoms with Crippen molar-refractivity contribution in [2.45, 2.75) is 13.0 Å². The van der Waals surface area contributed by atoms with Crippen molar-refractivity contribution in [3.05, 3.63) is 29.8 Å². The zero-order valence-corrected chi connectivity index (χ0v) is 10.2. The second-order valence-electron chi connectivity index (χ2n) is 3.55. The molecule has 1 aliphatic heterocycles. The molecule has 1 N–H and O–H groups in total. The summed E-state index contributed by atoms with van der Waals surface area (Å²) in [6.45, 7) is 1.72. The van der Waals surface area contributed by atoms with Crippen LogP contribution in [0.3, 0.4) is 0 Å². The van der Waals surface area contributed by atoms with Crippen molar-refractivity contribution in [1.82, 2.24) is 5.32 Å². The Bertz CT molecular complexity index is 379. The monoisotopic (exact) mass is 236 g/mol. The number of benzene rings is 1. The summed E-state index contributed by atoms with van der Waals surface area (Å²) in [7, 11) is 1.70. The minimum absolute atomic E-state index is 0.774. The maximum Gasteiger partial charge on any atom is 0.156 e. The third-order valence-electron chi connectivity index (χ3n) is 2.42. The summed E-state index contributed by atoms with van der Waals surface area (Å²) in [5.74, 6) is 2.09. The van der Waals surface area contributed by atoms with Gasteiger partial charge in [0.25, 0.3) is 0 Å². The summed E-state index contributed by atoms with van der Waals surface area (Å²) in [4.78, 5) is 4.43. The summed E-state index contributed by atoms with van der Waals surface area (Å²) < 4.78 is 5.30. The Morgan fingerprint density at radius 2 is 2.31 bits per heavy atom. The van der Waals surface area contributed by atoms with Gasteiger partial charge in [-0.05, 0) is 12.5 Å². The molecular formula is C12H16N2OS. The molecule has 0 amide bonds. The van der Waals surface area contributed by atoms with Gasteiger partial charge in [0.2, 0.25) is 0 Å². The average molecular weight is 236 g/mol. The largest absolute Gasteiger partial charge is 0.496 e. The van der Waals surface area contributed by atoms with E-state index < -0.39 is 0 Å². The summed E-state index contributed by atoms with van der Waals surface area (Å²) >= 11 is 1.79. The summed E-state index contributed by atoms with van der Waals surface area (Å²) in [5.41, 5.74) is 1.17. The van der Waals surface area contributed by atoms with E-state index in [1.54, 1.807) is 18.9 Å². The number of amidine groups is 1. The van der Waals surface area contributed by atoms with Gasteiger partial charge in [-0.15, -0.1) is 0 Å². The molecule has 0 saturated carbocycles. The lowest BCUT2D eigenvalue weighted by molar-refractivity contribution is 0.409. The molecule has 2 rings (SSSR count). The van der Waals surface area contributed by atoms with E-state index in [4.69, 9.17) is 4.74 Å². The number of ether oxygens (including phenoxy) is 1. The molecule has 1 aromatic rings. The lowest BCUT2D eigenvalue weighted by Gasteiger charge is -2.14. The fourth-order valence-corrected chi connectivity index (χ4v) is 2.41. The van der Waals surface area contributed by atoms with Gasteiger partial charge in [0.15, 0.2) is 5.17 Å². The van der Waals surface area contributed by atoms with Crippen LogP contribution in [0.25, 0.3) is 0 Å². The highest BCUT2D eigenvalue weighted by atomic mass is 32.2. The standard InChI is InChI=1S/C12H16N2OS/c1-15-11-6-3-2-5-10(11)9-14-12-13-7-4-8-16-12/h2-3,5-6H,4,7-9H2,1H3,(H,13,14). The Morgan fingerprint density at radius 3 is 3.06 bits per heavy atom. The van der Waals surface area contributed by atoms with Crippen LogP contribution >= 0.6 is 11.8 Å². The van der Waals surface area contributed by atoms with E-state index in [-0.39, 0.29) is 0 Å². The molecule has 1 heterocycles. The molecule has 1 aromatic carbocycles. The van der Waals surface area contributed by atoms with Crippen LogP contribution in [0.5, 0.6) is 5.75 Å². The van der Waals surface area contributed by atoms with Crippen LogP contribution in [0, 0.1) is 0 Å². The van der Waals surface area contributed by atoms with Crippen LogP contribution in [0.15, 0.2) is 29.3 Å². The molecule has 0 fully saturated rings. The number of aliphatic imine (C=N–C) groups is 1. The third-order valence-corrected chi connectivity index (χ3v) is 3.46. The predicted molar refractivity (Wildman–Crippen MR) is 69.2 cm³/mol. The highest BCUT2D eigenvalue weighted by molar-refractivity contribution is 8.13. The average Bonchev–Trinajstić information content (AvgIpc) is 2.38. The first-order valence-corrected chi connectivity index (χ1v) is 6.42. The van der Waals surface area contributed by atoms with Gasteiger partial charge >= 0.3 is 0 Å². The number of hydrogen-bond donors (Lipinski definition) is 1. The fourth-order valence-electron chi connectivity index (χ4n) is 1.59. The Balaban J connectivity index is 1.96. The van der Waals surface area contributed by atoms with E-state index in [9.17, 15) is 0 Å². The first-order valence-electron chi connectivity index (χ1n) is 5.43. The van der Waals surface area contributed by atoms with Crippen LogP contribution in [0.1, 0.15) is 12.0 Å². The van der Waals surface area contributed by atoms with Gasteiger partial charge < -0.3 is 10.1 Å². The highest BCUT2D eigenvalue weighted by Crippen LogP contribution is 2.18. The highest BCUT2D eigenvalue weighted by Gasteiger charge is 2.06. The van der Waals surface area contributed by atoms with E-state index in [0.717, 1.165) is 29.8 Å². The Labute approximate surface area is 100 Å². The Morgan fingerprint density at radius 1 is 1.44 bits per heavy atom. The Kier molecular flexibility index (Phi) is 4.10. The van der Waals surface area contributed by atoms with Crippen LogP contribution in [-0.2, 0) is 6.54 Å². The SMILES string of the molecule is COc1ccccc1CNC1=NCCCS1. The molecule has 0 unspecified atom stereocenters. The summed E-state index contributed by atoms with van der Waals surface area (Å²) in [6.07, 6.45) is 1.19. The van der Waals surface area contributed by atoms with Crippen LogP contribution in [-0.4, -0.2) is 24.6 Å². The fraction of sp³-hybridized carbons (Fsp3) is 0.417. The lowest BCUT2D eigenvalue weighted by atomic mass is 10.2. The molecule has 3 nitrogen and oxygen atoms in total. The van der Waals surface area contributed by atoms with E-state index in [1.807, 2.05) is 18.2 Å². The molecule has 0 saturated heterocycles. The van der Waals surface area contributed by atoms with Crippen LogP contribution < -0.4 is 10.1 Å². The van der Waals surface area contributed by atoms with Crippen molar-refractivity contribution in [2.75, 3.05) is 19.4 Å². The molecule has 0 bridgehead atoms. The normalized spacial score (nSPS) is 15.4. The van der Waals surface area contributed by atoms with Crippen LogP contribution in [0.2, 0.25) is 0 Å². The second-order valence-corrected chi connectivity index (χ2v) is 4.64. The molecule has 1 aliphatic rings. The zero-order chi connectivity index (χ0) is 11.2. The number of thioether (sulfide) groups is 1. The molecule has 0 aromatic heterocycles. The number of nitrogens with one attached hydrogen (secondary N) is 1. The van der Waals surface area contributed by atoms with Crippen molar-refractivity contribution in [1.29, 1.82) is 0 Å². The van der Waals surface area contributed by atoms with Crippen molar-refractivity contribution >= 4 is 16.9 Å². The topological polar surface area (TPSA) is 33.6 Å². The number of nitrogens with zero attached hydrogens (tertiary/aromatic N) is 1. The predicted octanol–water partition coefficient (Wildman–Crippen LogP) is 2.28. The maximum atomic E-state index is 5.30. The Hall–Kier alpha value is -1.16. The smallest absolute Gasteiger partial charge is 0.156 e. The maximum absolute atomic E-state index is 5.30. The van der Waals surface area contributed by atoms with Crippen molar-refractivity contribution in [3.63, 3.8) is 0 Å². The van der Waals surface area contributed by atoms with E-state index in [0.29, 0.717) is 0 Å². The molecule has 4 heteroatoms. The van der Waals surface area contributed by atoms with Gasteiger partial charge in [0.1, 0.15) is 5.75 Å². The van der Waals surface area contributed by atoms with Gasteiger partial charge in [0, 0.05) is 24.4 Å². The number of methoxy groups -OCH3 is 1. The van der Waals surface area contributed by atoms with E-state index in [2.05, 4.69) is 16.4 Å². The van der Waals surface area contributed by atoms with Gasteiger partial charge in [-0.1, -0.05) is 30.0 Å². The van der Waals surface area contributed by atoms with Crippen LogP contribution in [0.4, 0.5) is 0 Å². The van der Waals surface area contributed by atoms with Gasteiger partial charge in [-0.2, -0.15) is 0 Å². The molecular weight excluding hydrogens is 220 g/mol. The molecule has 86 valence electrons. The first-order chi connectivity index (χ1) is 7.90. The minimum Gasteiger partial charge on any atom is -0.496 e. The third kappa shape index (κ3) is 2.92. The summed E-state index contributed by atoms with van der Waals surface area (Å²) in [5, 5.41) is 4.40. The molecule has 16 heavy (non-hydrogen) atoms. The number of para-hydroxylation sites is 1. The number of rotatable bonds is 3. The van der Waals surface area contributed by atoms with Gasteiger partial charge in [-0.3, -0.25) is 4.99 Å². The molecule has 0 spiro atoms. The summed E-state index contributed by atoms with van der Waals surface area (Å²) in [6, 6.07) is 8.05. The van der Waals surface area contributed by atoms with Crippen molar-refractivity contribution in [3.8, 4) is 5.75 Å². The lowest BCUT2D eigenvalue weighted by Crippen LogP contribution is -2.23.